The molecule has 1 aliphatic carbocycles. The van der Waals surface area contributed by atoms with Crippen molar-refractivity contribution in [2.75, 3.05) is 6.61 Å². The Morgan fingerprint density at radius 2 is 1.96 bits per heavy atom. The van der Waals surface area contributed by atoms with Gasteiger partial charge in [-0.25, -0.2) is 4.99 Å². The molecule has 6 nitrogen and oxygen atoms in total. The second-order valence-electron chi connectivity index (χ2n) is 5.49. The number of carbonyl (C=O) groups is 2. The van der Waals surface area contributed by atoms with Crippen molar-refractivity contribution in [1.29, 1.82) is 0 Å². The Balaban J connectivity index is 2.28. The molecule has 1 aliphatic heterocycles. The summed E-state index contributed by atoms with van der Waals surface area (Å²) in [7, 11) is 0. The molecule has 1 aromatic carbocycles. The summed E-state index contributed by atoms with van der Waals surface area (Å²) in [5.41, 5.74) is -8.22. The van der Waals surface area contributed by atoms with Gasteiger partial charge in [0, 0.05) is 11.1 Å². The van der Waals surface area contributed by atoms with Crippen LogP contribution in [-0.2, 0) is 15.3 Å². The number of hydrogen-bond acceptors (Lipinski definition) is 6. The molecule has 0 bridgehead atoms. The maximum Gasteiger partial charge on any atom is 0.430 e. The maximum absolute atomic E-state index is 13.3. The third-order valence-electron chi connectivity index (χ3n) is 4.21. The quantitative estimate of drug-likeness (QED) is 0.780. The molecule has 128 valence electrons. The number of aliphatic imine (C=N–C) groups is 1. The molecule has 0 amide bonds. The second-order valence-corrected chi connectivity index (χ2v) is 5.49. The minimum absolute atomic E-state index is 0.193. The van der Waals surface area contributed by atoms with Gasteiger partial charge in [0.15, 0.2) is 0 Å². The van der Waals surface area contributed by atoms with Crippen LogP contribution >= 0.6 is 0 Å². The minimum Gasteiger partial charge on any atom is -0.465 e. The van der Waals surface area contributed by atoms with Crippen LogP contribution in [-0.4, -0.2) is 46.1 Å². The van der Waals surface area contributed by atoms with Gasteiger partial charge in [-0.05, 0) is 6.92 Å². The fourth-order valence-corrected chi connectivity index (χ4v) is 3.20. The smallest absolute Gasteiger partial charge is 0.430 e. The van der Waals surface area contributed by atoms with Crippen LogP contribution in [0.15, 0.2) is 29.3 Å². The summed E-state index contributed by atoms with van der Waals surface area (Å²) in [5, 5.41) is 21.4. The predicted octanol–water partition coefficient (Wildman–Crippen LogP) is 0.955. The Morgan fingerprint density at radius 1 is 1.33 bits per heavy atom. The molecule has 3 rings (SSSR count). The molecule has 2 aliphatic rings. The van der Waals surface area contributed by atoms with Crippen molar-refractivity contribution in [3.63, 3.8) is 0 Å². The van der Waals surface area contributed by atoms with Crippen molar-refractivity contribution in [2.24, 2.45) is 10.9 Å². The van der Waals surface area contributed by atoms with E-state index in [-0.39, 0.29) is 17.7 Å². The molecule has 0 spiro atoms. The third-order valence-corrected chi connectivity index (χ3v) is 4.21. The van der Waals surface area contributed by atoms with Gasteiger partial charge in [0.2, 0.25) is 17.1 Å². The van der Waals surface area contributed by atoms with Crippen molar-refractivity contribution in [1.82, 2.24) is 0 Å². The fourth-order valence-electron chi connectivity index (χ4n) is 3.20. The van der Waals surface area contributed by atoms with Gasteiger partial charge in [-0.3, -0.25) is 9.59 Å². The lowest BCUT2D eigenvalue weighted by Gasteiger charge is -2.31. The van der Waals surface area contributed by atoms with Crippen LogP contribution in [0.3, 0.4) is 0 Å². The van der Waals surface area contributed by atoms with E-state index in [1.807, 2.05) is 0 Å². The molecule has 0 unspecified atom stereocenters. The number of esters is 1. The highest BCUT2D eigenvalue weighted by Crippen LogP contribution is 2.55. The van der Waals surface area contributed by atoms with Gasteiger partial charge in [-0.1, -0.05) is 24.3 Å². The van der Waals surface area contributed by atoms with Crippen LogP contribution < -0.4 is 0 Å². The molecule has 0 fully saturated rings. The lowest BCUT2D eigenvalue weighted by atomic mass is 9.79. The highest BCUT2D eigenvalue weighted by molar-refractivity contribution is 6.20. The van der Waals surface area contributed by atoms with Gasteiger partial charge in [0.25, 0.3) is 0 Å². The highest BCUT2D eigenvalue weighted by atomic mass is 19.4. The Hall–Kier alpha value is -2.26. The molecule has 3 atom stereocenters. The predicted molar refractivity (Wildman–Crippen MR) is 73.2 cm³/mol. The van der Waals surface area contributed by atoms with E-state index in [1.54, 1.807) is 0 Å². The number of fused-ring (bicyclic) bond motifs is 3. The first-order valence-corrected chi connectivity index (χ1v) is 7.01. The summed E-state index contributed by atoms with van der Waals surface area (Å²) < 4.78 is 44.4. The van der Waals surface area contributed by atoms with E-state index in [4.69, 9.17) is 0 Å². The number of carbonyl (C=O) groups excluding carboxylic acids is 2. The summed E-state index contributed by atoms with van der Waals surface area (Å²) >= 11 is 0. The second kappa shape index (κ2) is 4.87. The first-order valence-electron chi connectivity index (χ1n) is 7.01. The topological polar surface area (TPSA) is 96.2 Å². The van der Waals surface area contributed by atoms with Crippen LogP contribution in [0.1, 0.15) is 22.8 Å². The van der Waals surface area contributed by atoms with Crippen molar-refractivity contribution in [3.8, 4) is 0 Å². The Bertz CT molecular complexity index is 775. The molecule has 0 radical (unpaired) electrons. The summed E-state index contributed by atoms with van der Waals surface area (Å²) in [5.74, 6) is -5.16. The molecule has 1 heterocycles. The molecule has 0 aromatic heterocycles. The molecule has 0 saturated carbocycles. The number of halogens is 3. The standard InChI is InChI=1S/C15H12F3NO5/c1-2-24-12(21)9-10(15(16,17)18)19-14(23)8-6-4-3-5-7(8)11(20)13(9,14)22/h3-6,9,22-23H,2H2,1H3/t9-,13+,14+/m1/s1. The lowest BCUT2D eigenvalue weighted by Crippen LogP contribution is -2.57. The average molecular weight is 343 g/mol. The van der Waals surface area contributed by atoms with Crippen LogP contribution in [0.2, 0.25) is 0 Å². The minimum atomic E-state index is -5.14. The third kappa shape index (κ3) is 1.82. The highest BCUT2D eigenvalue weighted by Gasteiger charge is 2.76. The van der Waals surface area contributed by atoms with E-state index in [1.165, 1.54) is 31.2 Å². The van der Waals surface area contributed by atoms with E-state index in [0.29, 0.717) is 0 Å². The van der Waals surface area contributed by atoms with Gasteiger partial charge in [0.1, 0.15) is 11.6 Å². The van der Waals surface area contributed by atoms with Gasteiger partial charge >= 0.3 is 12.1 Å². The number of ketones is 1. The summed E-state index contributed by atoms with van der Waals surface area (Å²) in [4.78, 5) is 27.8. The lowest BCUT2D eigenvalue weighted by molar-refractivity contribution is -0.166. The number of rotatable bonds is 2. The Kier molecular flexibility index (Phi) is 3.37. The molecule has 0 saturated heterocycles. The average Bonchev–Trinajstić information content (AvgIpc) is 2.85. The SMILES string of the molecule is CCOC(=O)[C@H]1C(C(F)(F)F)=N[C@]2(O)c3ccccc3C(=O)[C@@]12O. The molecular formula is C15H12F3NO5. The number of benzene rings is 1. The maximum atomic E-state index is 13.3. The number of nitrogens with zero attached hydrogens (tertiary/aromatic N) is 1. The normalized spacial score (nSPS) is 31.5. The van der Waals surface area contributed by atoms with Gasteiger partial charge in [-0.15, -0.1) is 0 Å². The van der Waals surface area contributed by atoms with Crippen molar-refractivity contribution < 1.29 is 37.7 Å². The first-order chi connectivity index (χ1) is 11.1. The summed E-state index contributed by atoms with van der Waals surface area (Å²) in [6.07, 6.45) is -5.14. The zero-order valence-corrected chi connectivity index (χ0v) is 12.3. The van der Waals surface area contributed by atoms with Crippen LogP contribution in [0.4, 0.5) is 13.2 Å². The molecular weight excluding hydrogens is 331 g/mol. The van der Waals surface area contributed by atoms with Gasteiger partial charge in [-0.2, -0.15) is 13.2 Å². The van der Waals surface area contributed by atoms with E-state index in [9.17, 15) is 33.0 Å². The molecule has 24 heavy (non-hydrogen) atoms. The first kappa shape index (κ1) is 16.6. The molecule has 2 N–H and O–H groups in total. The van der Waals surface area contributed by atoms with E-state index >= 15 is 0 Å². The van der Waals surface area contributed by atoms with E-state index < -0.39 is 40.9 Å². The Labute approximate surface area is 133 Å². The summed E-state index contributed by atoms with van der Waals surface area (Å²) in [6.45, 7) is 1.09. The van der Waals surface area contributed by atoms with E-state index in [2.05, 4.69) is 9.73 Å². The fraction of sp³-hybridized carbons (Fsp3) is 0.400. The van der Waals surface area contributed by atoms with Gasteiger partial charge in [0.05, 0.1) is 6.61 Å². The van der Waals surface area contributed by atoms with E-state index in [0.717, 1.165) is 0 Å². The number of Topliss-reactive ketones (excluding diaryl/α,β-unsaturated/α-hetero) is 1. The largest absolute Gasteiger partial charge is 0.465 e. The monoisotopic (exact) mass is 343 g/mol. The van der Waals surface area contributed by atoms with Crippen molar-refractivity contribution >= 4 is 17.5 Å². The summed E-state index contributed by atoms with van der Waals surface area (Å²) in [6, 6.07) is 5.20. The molecule has 9 heteroatoms. The zero-order chi connectivity index (χ0) is 17.9. The number of aliphatic hydroxyl groups is 2. The number of ether oxygens (including phenoxy) is 1. The zero-order valence-electron chi connectivity index (χ0n) is 12.3. The number of hydrogen-bond donors (Lipinski definition) is 2. The Morgan fingerprint density at radius 3 is 2.54 bits per heavy atom. The van der Waals surface area contributed by atoms with Crippen molar-refractivity contribution in [2.45, 2.75) is 24.4 Å². The van der Waals surface area contributed by atoms with Crippen LogP contribution in [0, 0.1) is 5.92 Å². The van der Waals surface area contributed by atoms with Crippen LogP contribution in [0.25, 0.3) is 0 Å². The number of alkyl halides is 3. The van der Waals surface area contributed by atoms with Gasteiger partial charge < -0.3 is 14.9 Å². The van der Waals surface area contributed by atoms with Crippen LogP contribution in [0.5, 0.6) is 0 Å². The van der Waals surface area contributed by atoms with Crippen molar-refractivity contribution in [3.05, 3.63) is 35.4 Å². The molecule has 1 aromatic rings.